The van der Waals surface area contributed by atoms with Gasteiger partial charge in [-0.25, -0.2) is 0 Å². The Morgan fingerprint density at radius 1 is 0.970 bits per heavy atom. The topological polar surface area (TPSA) is 92.7 Å². The van der Waals surface area contributed by atoms with Crippen molar-refractivity contribution in [3.8, 4) is 5.75 Å². The fourth-order valence-corrected chi connectivity index (χ4v) is 4.47. The fraction of sp³-hybridized carbons (Fsp3) is 0.370. The Balaban J connectivity index is 1.17. The van der Waals surface area contributed by atoms with Crippen LogP contribution in [0.1, 0.15) is 60.0 Å². The van der Waals surface area contributed by atoms with Gasteiger partial charge in [0, 0.05) is 30.5 Å². The largest absolute Gasteiger partial charge is 0.490 e. The molecule has 0 heterocycles. The van der Waals surface area contributed by atoms with Crippen molar-refractivity contribution in [2.24, 2.45) is 5.92 Å². The van der Waals surface area contributed by atoms with Crippen molar-refractivity contribution < 1.29 is 24.2 Å². The van der Waals surface area contributed by atoms with E-state index in [2.05, 4.69) is 5.32 Å². The number of ketones is 1. The van der Waals surface area contributed by atoms with Crippen LogP contribution in [0.5, 0.6) is 5.75 Å². The molecule has 1 saturated carbocycles. The van der Waals surface area contributed by atoms with Crippen LogP contribution in [0.15, 0.2) is 54.1 Å². The van der Waals surface area contributed by atoms with Gasteiger partial charge in [-0.1, -0.05) is 24.3 Å². The summed E-state index contributed by atoms with van der Waals surface area (Å²) in [4.78, 5) is 35.9. The maximum atomic E-state index is 12.5. The van der Waals surface area contributed by atoms with E-state index in [1.54, 1.807) is 24.3 Å². The Morgan fingerprint density at radius 3 is 2.39 bits per heavy atom. The third kappa shape index (κ3) is 5.89. The number of amides is 1. The third-order valence-corrected chi connectivity index (χ3v) is 6.43. The van der Waals surface area contributed by atoms with Crippen molar-refractivity contribution in [2.45, 2.75) is 51.0 Å². The van der Waals surface area contributed by atoms with Crippen LogP contribution in [0.2, 0.25) is 0 Å². The number of ether oxygens (including phenoxy) is 1. The molecule has 2 aromatic carbocycles. The highest BCUT2D eigenvalue weighted by atomic mass is 16.5. The number of hydrogen-bond donors (Lipinski definition) is 2. The van der Waals surface area contributed by atoms with E-state index < -0.39 is 5.97 Å². The molecule has 0 saturated heterocycles. The summed E-state index contributed by atoms with van der Waals surface area (Å²) < 4.78 is 5.96. The molecule has 2 aliphatic rings. The zero-order chi connectivity index (χ0) is 23.2. The van der Waals surface area contributed by atoms with Crippen LogP contribution in [0.4, 0.5) is 0 Å². The van der Waals surface area contributed by atoms with Crippen LogP contribution in [0.25, 0.3) is 6.08 Å². The van der Waals surface area contributed by atoms with Gasteiger partial charge in [0.25, 0.3) is 0 Å². The maximum Gasteiger partial charge on any atom is 0.306 e. The minimum absolute atomic E-state index is 0.0218. The molecule has 172 valence electrons. The number of carbonyl (C=O) groups excluding carboxylic acids is 2. The van der Waals surface area contributed by atoms with E-state index in [9.17, 15) is 14.4 Å². The number of carboxylic acids is 1. The first-order valence-corrected chi connectivity index (χ1v) is 11.6. The average Bonchev–Trinajstić information content (AvgIpc) is 3.27. The monoisotopic (exact) mass is 447 g/mol. The number of benzene rings is 2. The van der Waals surface area contributed by atoms with Crippen molar-refractivity contribution in [1.29, 1.82) is 0 Å². The normalized spacial score (nSPS) is 19.3. The standard InChI is InChI=1S/C27H29NO5/c29-25(6-3-15-28-26(30)22-16-20-4-1-2-5-21(20)17-22)18-7-11-23(12-8-18)33-24-13-9-19(10-14-24)27(31)32/h1-2,4-5,7-8,11-12,16,19,24H,3,6,9-10,13-15,17H2,(H,28,30)(H,31,32). The molecule has 6 heteroatoms. The lowest BCUT2D eigenvalue weighted by atomic mass is 9.87. The van der Waals surface area contributed by atoms with Crippen LogP contribution in [-0.2, 0) is 16.0 Å². The van der Waals surface area contributed by atoms with Crippen molar-refractivity contribution in [3.05, 3.63) is 70.8 Å². The minimum Gasteiger partial charge on any atom is -0.490 e. The van der Waals surface area contributed by atoms with Gasteiger partial charge in [-0.3, -0.25) is 14.4 Å². The van der Waals surface area contributed by atoms with Gasteiger partial charge >= 0.3 is 5.97 Å². The number of carboxylic acid groups (broad SMARTS) is 1. The van der Waals surface area contributed by atoms with E-state index in [4.69, 9.17) is 9.84 Å². The summed E-state index contributed by atoms with van der Waals surface area (Å²) in [6, 6.07) is 15.1. The molecule has 33 heavy (non-hydrogen) atoms. The molecule has 0 spiro atoms. The Labute approximate surface area is 193 Å². The molecule has 1 amide bonds. The number of nitrogens with one attached hydrogen (secondary N) is 1. The second-order valence-electron chi connectivity index (χ2n) is 8.78. The molecule has 1 fully saturated rings. The molecule has 0 atom stereocenters. The number of aliphatic carboxylic acids is 1. The highest BCUT2D eigenvalue weighted by Gasteiger charge is 2.27. The van der Waals surface area contributed by atoms with Crippen molar-refractivity contribution in [2.75, 3.05) is 6.54 Å². The molecular formula is C27H29NO5. The van der Waals surface area contributed by atoms with Crippen LogP contribution < -0.4 is 10.1 Å². The average molecular weight is 448 g/mol. The van der Waals surface area contributed by atoms with Crippen LogP contribution in [-0.4, -0.2) is 35.4 Å². The molecule has 0 unspecified atom stereocenters. The quantitative estimate of drug-likeness (QED) is 0.438. The predicted octanol–water partition coefficient (Wildman–Crippen LogP) is 4.43. The van der Waals surface area contributed by atoms with Gasteiger partial charge in [0.05, 0.1) is 12.0 Å². The van der Waals surface area contributed by atoms with Crippen molar-refractivity contribution in [3.63, 3.8) is 0 Å². The summed E-state index contributed by atoms with van der Waals surface area (Å²) in [6.45, 7) is 0.457. The fourth-order valence-electron chi connectivity index (χ4n) is 4.47. The number of Topliss-reactive ketones (excluding diaryl/α,β-unsaturated/α-hetero) is 1. The summed E-state index contributed by atoms with van der Waals surface area (Å²) in [6.07, 6.45) is 6.27. The minimum atomic E-state index is -0.725. The second kappa shape index (κ2) is 10.5. The summed E-state index contributed by atoms with van der Waals surface area (Å²) in [5.41, 5.74) is 3.64. The predicted molar refractivity (Wildman–Crippen MR) is 125 cm³/mol. The lowest BCUT2D eigenvalue weighted by molar-refractivity contribution is -0.143. The Bertz CT molecular complexity index is 1050. The van der Waals surface area contributed by atoms with Gasteiger partial charge in [0.1, 0.15) is 5.75 Å². The third-order valence-electron chi connectivity index (χ3n) is 6.43. The number of fused-ring (bicyclic) bond motifs is 1. The SMILES string of the molecule is O=C(NCCCC(=O)c1ccc(OC2CCC(C(=O)O)CC2)cc1)C1=Cc2ccccc2C1. The molecule has 0 aromatic heterocycles. The van der Waals surface area contributed by atoms with E-state index in [-0.39, 0.29) is 23.7 Å². The van der Waals surface area contributed by atoms with E-state index in [0.717, 1.165) is 29.5 Å². The first-order chi connectivity index (χ1) is 16.0. The van der Waals surface area contributed by atoms with Gasteiger partial charge in [-0.2, -0.15) is 0 Å². The van der Waals surface area contributed by atoms with Gasteiger partial charge in [0.15, 0.2) is 5.78 Å². The van der Waals surface area contributed by atoms with E-state index >= 15 is 0 Å². The van der Waals surface area contributed by atoms with Crippen molar-refractivity contribution in [1.82, 2.24) is 5.32 Å². The first-order valence-electron chi connectivity index (χ1n) is 11.6. The van der Waals surface area contributed by atoms with Crippen LogP contribution >= 0.6 is 0 Å². The summed E-state index contributed by atoms with van der Waals surface area (Å²) in [5.74, 6) is -0.330. The molecule has 0 aliphatic heterocycles. The van der Waals surface area contributed by atoms with Gasteiger partial charge < -0.3 is 15.2 Å². The maximum absolute atomic E-state index is 12.5. The molecule has 4 rings (SSSR count). The van der Waals surface area contributed by atoms with Crippen LogP contribution in [0.3, 0.4) is 0 Å². The Morgan fingerprint density at radius 2 is 1.70 bits per heavy atom. The van der Waals surface area contributed by atoms with Crippen molar-refractivity contribution >= 4 is 23.7 Å². The zero-order valence-electron chi connectivity index (χ0n) is 18.6. The van der Waals surface area contributed by atoms with Gasteiger partial charge in [-0.15, -0.1) is 0 Å². The highest BCUT2D eigenvalue weighted by molar-refractivity contribution is 6.00. The lowest BCUT2D eigenvalue weighted by Gasteiger charge is -2.26. The number of rotatable bonds is 9. The Hall–Kier alpha value is -3.41. The molecule has 6 nitrogen and oxygen atoms in total. The lowest BCUT2D eigenvalue weighted by Crippen LogP contribution is -2.27. The van der Waals surface area contributed by atoms with E-state index in [0.29, 0.717) is 50.0 Å². The molecule has 2 aromatic rings. The first kappa shape index (κ1) is 22.8. The summed E-state index contributed by atoms with van der Waals surface area (Å²) >= 11 is 0. The Kier molecular flexibility index (Phi) is 7.23. The highest BCUT2D eigenvalue weighted by Crippen LogP contribution is 2.28. The van der Waals surface area contributed by atoms with Gasteiger partial charge in [0.2, 0.25) is 5.91 Å². The smallest absolute Gasteiger partial charge is 0.306 e. The number of carbonyl (C=O) groups is 3. The molecule has 0 radical (unpaired) electrons. The zero-order valence-corrected chi connectivity index (χ0v) is 18.6. The van der Waals surface area contributed by atoms with E-state index in [1.807, 2.05) is 30.3 Å². The second-order valence-corrected chi connectivity index (χ2v) is 8.78. The number of hydrogen-bond acceptors (Lipinski definition) is 4. The molecule has 0 bridgehead atoms. The van der Waals surface area contributed by atoms with Crippen LogP contribution in [0, 0.1) is 5.92 Å². The summed E-state index contributed by atoms with van der Waals surface area (Å²) in [5, 5.41) is 12.0. The van der Waals surface area contributed by atoms with Gasteiger partial charge in [-0.05, 0) is 73.6 Å². The molecular weight excluding hydrogens is 418 g/mol. The van der Waals surface area contributed by atoms with E-state index in [1.165, 1.54) is 0 Å². The molecule has 2 aliphatic carbocycles. The molecule has 2 N–H and O–H groups in total. The summed E-state index contributed by atoms with van der Waals surface area (Å²) in [7, 11) is 0.